The zero-order valence-corrected chi connectivity index (χ0v) is 10.4. The summed E-state index contributed by atoms with van der Waals surface area (Å²) < 4.78 is 7.38. The van der Waals surface area contributed by atoms with Crippen LogP contribution in [-0.2, 0) is 4.74 Å². The Bertz CT molecular complexity index is 540. The van der Waals surface area contributed by atoms with Gasteiger partial charge in [0.1, 0.15) is 0 Å². The van der Waals surface area contributed by atoms with Crippen LogP contribution >= 0.6 is 15.9 Å². The Morgan fingerprint density at radius 1 is 1.44 bits per heavy atom. The van der Waals surface area contributed by atoms with Gasteiger partial charge in [-0.25, -0.2) is 0 Å². The van der Waals surface area contributed by atoms with E-state index in [1.54, 1.807) is 19.3 Å². The van der Waals surface area contributed by atoms with Crippen LogP contribution in [0.4, 0.5) is 4.79 Å². The molecular weight excluding hydrogens is 270 g/mol. The van der Waals surface area contributed by atoms with E-state index >= 15 is 0 Å². The second kappa shape index (κ2) is 4.61. The molecule has 0 aliphatic heterocycles. The van der Waals surface area contributed by atoms with Gasteiger partial charge in [-0.15, -0.1) is 0 Å². The first kappa shape index (κ1) is 11.1. The van der Waals surface area contributed by atoms with Gasteiger partial charge in [-0.05, 0) is 19.1 Å². The van der Waals surface area contributed by atoms with E-state index in [0.29, 0.717) is 6.61 Å². The number of carbonyl (C=O) groups is 1. The zero-order chi connectivity index (χ0) is 11.5. The van der Waals surface area contributed by atoms with Crippen LogP contribution < -0.4 is 4.57 Å². The molecule has 3 nitrogen and oxygen atoms in total. The van der Waals surface area contributed by atoms with Gasteiger partial charge in [-0.1, -0.05) is 26.6 Å². The number of hydrogen-bond acceptors (Lipinski definition) is 2. The Hall–Kier alpha value is -1.42. The Balaban J connectivity index is 2.48. The summed E-state index contributed by atoms with van der Waals surface area (Å²) in [5, 5.41) is 2.06. The predicted molar refractivity (Wildman–Crippen MR) is 64.3 cm³/mol. The number of rotatable bonds is 1. The molecule has 1 aromatic heterocycles. The highest BCUT2D eigenvalue weighted by Crippen LogP contribution is 2.21. The lowest BCUT2D eigenvalue weighted by Crippen LogP contribution is -2.42. The summed E-state index contributed by atoms with van der Waals surface area (Å²) in [5.41, 5.74) is 0. The van der Waals surface area contributed by atoms with E-state index in [-0.39, 0.29) is 6.09 Å². The lowest BCUT2D eigenvalue weighted by atomic mass is 10.2. The van der Waals surface area contributed by atoms with Crippen molar-refractivity contribution in [3.63, 3.8) is 0 Å². The summed E-state index contributed by atoms with van der Waals surface area (Å²) in [6, 6.07) is 7.74. The molecule has 4 heteroatoms. The van der Waals surface area contributed by atoms with E-state index in [0.717, 1.165) is 15.2 Å². The second-order valence-electron chi connectivity index (χ2n) is 3.29. The van der Waals surface area contributed by atoms with Crippen LogP contribution in [0, 0.1) is 0 Å². The molecule has 0 atom stereocenters. The Labute approximate surface area is 102 Å². The Kier molecular flexibility index (Phi) is 3.19. The largest absolute Gasteiger partial charge is 0.601 e. The van der Waals surface area contributed by atoms with Gasteiger partial charge in [0.05, 0.1) is 6.61 Å². The maximum atomic E-state index is 11.5. The van der Waals surface area contributed by atoms with Gasteiger partial charge in [-0.2, -0.15) is 4.79 Å². The quantitative estimate of drug-likeness (QED) is 0.752. The second-order valence-corrected chi connectivity index (χ2v) is 4.15. The third-order valence-electron chi connectivity index (χ3n) is 2.25. The first-order valence-corrected chi connectivity index (χ1v) is 5.78. The lowest BCUT2D eigenvalue weighted by Gasteiger charge is -1.99. The molecule has 0 fully saturated rings. The first-order chi connectivity index (χ1) is 7.72. The number of nitrogens with zero attached hydrogens (tertiary/aromatic N) is 1. The van der Waals surface area contributed by atoms with Crippen LogP contribution in [0.15, 0.2) is 41.1 Å². The van der Waals surface area contributed by atoms with Crippen LogP contribution in [0.25, 0.3) is 10.8 Å². The minimum Gasteiger partial charge on any atom is -0.412 e. The van der Waals surface area contributed by atoms with Crippen LogP contribution in [0.2, 0.25) is 0 Å². The molecule has 2 rings (SSSR count). The number of pyridine rings is 1. The highest BCUT2D eigenvalue weighted by atomic mass is 79.9. The van der Waals surface area contributed by atoms with Gasteiger partial charge in [0.15, 0.2) is 12.4 Å². The third-order valence-corrected chi connectivity index (χ3v) is 2.94. The molecule has 0 saturated heterocycles. The first-order valence-electron chi connectivity index (χ1n) is 4.99. The molecule has 0 N–H and O–H groups in total. The van der Waals surface area contributed by atoms with Gasteiger partial charge in [0, 0.05) is 21.3 Å². The number of ether oxygens (including phenoxy) is 1. The fraction of sp³-hybridized carbons (Fsp3) is 0.167. The molecule has 0 aliphatic carbocycles. The van der Waals surface area contributed by atoms with E-state index < -0.39 is 0 Å². The summed E-state index contributed by atoms with van der Waals surface area (Å²) in [6.07, 6.45) is 3.10. The summed E-state index contributed by atoms with van der Waals surface area (Å²) in [7, 11) is 0. The summed E-state index contributed by atoms with van der Waals surface area (Å²) in [6.45, 7) is 2.17. The van der Waals surface area contributed by atoms with E-state index in [4.69, 9.17) is 4.74 Å². The van der Waals surface area contributed by atoms with Crippen LogP contribution in [0.3, 0.4) is 0 Å². The normalized spacial score (nSPS) is 10.4. The van der Waals surface area contributed by atoms with Gasteiger partial charge in [0.2, 0.25) is 0 Å². The average molecular weight is 281 g/mol. The van der Waals surface area contributed by atoms with Gasteiger partial charge in [-0.3, -0.25) is 0 Å². The SMILES string of the molecule is CCOC(=O)[n+]1ccc2c(Br)cccc2c1. The molecule has 1 aromatic carbocycles. The highest BCUT2D eigenvalue weighted by Gasteiger charge is 2.15. The lowest BCUT2D eigenvalue weighted by molar-refractivity contribution is -0.584. The molecule has 0 amide bonds. The number of benzene rings is 1. The summed E-state index contributed by atoms with van der Waals surface area (Å²) >= 11 is 3.46. The average Bonchev–Trinajstić information content (AvgIpc) is 2.29. The van der Waals surface area contributed by atoms with E-state index in [1.165, 1.54) is 4.57 Å². The van der Waals surface area contributed by atoms with Crippen molar-refractivity contribution in [2.75, 3.05) is 6.61 Å². The van der Waals surface area contributed by atoms with Gasteiger partial charge < -0.3 is 4.74 Å². The minimum atomic E-state index is -0.357. The molecule has 1 heterocycles. The molecule has 82 valence electrons. The zero-order valence-electron chi connectivity index (χ0n) is 8.81. The minimum absolute atomic E-state index is 0.357. The molecule has 0 aliphatic rings. The van der Waals surface area contributed by atoms with Crippen molar-refractivity contribution in [1.82, 2.24) is 0 Å². The van der Waals surface area contributed by atoms with Crippen molar-refractivity contribution < 1.29 is 14.1 Å². The van der Waals surface area contributed by atoms with E-state index in [2.05, 4.69) is 15.9 Å². The fourth-order valence-corrected chi connectivity index (χ4v) is 2.02. The van der Waals surface area contributed by atoms with Crippen molar-refractivity contribution in [2.24, 2.45) is 0 Å². The van der Waals surface area contributed by atoms with E-state index in [9.17, 15) is 4.79 Å². The number of hydrogen-bond donors (Lipinski definition) is 0. The van der Waals surface area contributed by atoms with Crippen molar-refractivity contribution in [3.05, 3.63) is 41.1 Å². The van der Waals surface area contributed by atoms with Crippen LogP contribution in [0.5, 0.6) is 0 Å². The molecule has 0 bridgehead atoms. The molecule has 0 unspecified atom stereocenters. The van der Waals surface area contributed by atoms with Crippen molar-refractivity contribution in [2.45, 2.75) is 6.92 Å². The van der Waals surface area contributed by atoms with Crippen molar-refractivity contribution in [3.8, 4) is 0 Å². The molecule has 16 heavy (non-hydrogen) atoms. The maximum Gasteiger partial charge on any atom is 0.601 e. The Morgan fingerprint density at radius 2 is 2.25 bits per heavy atom. The number of aromatic nitrogens is 1. The molecule has 0 radical (unpaired) electrons. The van der Waals surface area contributed by atoms with Gasteiger partial charge in [0.25, 0.3) is 0 Å². The monoisotopic (exact) mass is 280 g/mol. The summed E-state index contributed by atoms with van der Waals surface area (Å²) in [4.78, 5) is 11.5. The van der Waals surface area contributed by atoms with Crippen molar-refractivity contribution in [1.29, 1.82) is 0 Å². The molecule has 2 aromatic rings. The number of fused-ring (bicyclic) bond motifs is 1. The smallest absolute Gasteiger partial charge is 0.412 e. The van der Waals surface area contributed by atoms with Crippen LogP contribution in [0.1, 0.15) is 6.92 Å². The standard InChI is InChI=1S/C12H11BrNO2/c1-2-16-12(15)14-7-6-10-9(8-14)4-3-5-11(10)13/h3-8H,2H2,1H3/q+1. The molecular formula is C12H11BrNO2+. The Morgan fingerprint density at radius 3 is 3.00 bits per heavy atom. The molecule has 0 saturated carbocycles. The molecule has 0 spiro atoms. The highest BCUT2D eigenvalue weighted by molar-refractivity contribution is 9.10. The number of halogens is 1. The van der Waals surface area contributed by atoms with Gasteiger partial charge >= 0.3 is 6.09 Å². The van der Waals surface area contributed by atoms with Crippen molar-refractivity contribution >= 4 is 32.8 Å². The fourth-order valence-electron chi connectivity index (χ4n) is 1.50. The third kappa shape index (κ3) is 2.07. The number of carbonyl (C=O) groups excluding carboxylic acids is 1. The summed E-state index contributed by atoms with van der Waals surface area (Å²) in [5.74, 6) is 0. The van der Waals surface area contributed by atoms with E-state index in [1.807, 2.05) is 24.3 Å². The van der Waals surface area contributed by atoms with Crippen LogP contribution in [-0.4, -0.2) is 12.7 Å². The topological polar surface area (TPSA) is 30.2 Å². The predicted octanol–water partition coefficient (Wildman–Crippen LogP) is 2.89. The maximum absolute atomic E-state index is 11.5.